The van der Waals surface area contributed by atoms with Gasteiger partial charge in [0.2, 0.25) is 0 Å². The molecule has 0 aromatic heterocycles. The Morgan fingerprint density at radius 2 is 1.52 bits per heavy atom. The van der Waals surface area contributed by atoms with Crippen LogP contribution in [0.25, 0.3) is 0 Å². The van der Waals surface area contributed by atoms with E-state index in [0.717, 1.165) is 5.92 Å². The Morgan fingerprint density at radius 1 is 0.960 bits per heavy atom. The maximum Gasteiger partial charge on any atom is -1.00 e. The minimum Gasteiger partial charge on any atom is -1.00 e. The molecular formula is C20H29Cl3SiTi. The summed E-state index contributed by atoms with van der Waals surface area (Å²) in [6.07, 6.45) is 2.59. The van der Waals surface area contributed by atoms with Crippen LogP contribution in [0.2, 0.25) is 9.76 Å². The fourth-order valence-corrected chi connectivity index (χ4v) is 6.84. The number of allylic oxidation sites excluding steroid dienone is 4. The van der Waals surface area contributed by atoms with E-state index in [2.05, 4.69) is 85.4 Å². The SMILES string of the molecule is CC1=C(C)[C]([Ti+3])(C[SiH2]c2ccccc2)C(CCC(C)C)=C1C.[Cl-].[Cl-].[Cl-]. The number of hydrogen-bond acceptors (Lipinski definition) is 0. The van der Waals surface area contributed by atoms with Crippen molar-refractivity contribution in [3.63, 3.8) is 0 Å². The molecule has 0 aliphatic heterocycles. The Hall–Kier alpha value is 0.501. The average Bonchev–Trinajstić information content (AvgIpc) is 2.66. The second kappa shape index (κ2) is 12.1. The predicted molar refractivity (Wildman–Crippen MR) is 97.3 cm³/mol. The molecule has 1 aromatic carbocycles. The molecule has 0 saturated heterocycles. The summed E-state index contributed by atoms with van der Waals surface area (Å²) in [5.74, 6) is 0.789. The van der Waals surface area contributed by atoms with E-state index in [4.69, 9.17) is 0 Å². The van der Waals surface area contributed by atoms with Gasteiger partial charge in [-0.2, -0.15) is 0 Å². The van der Waals surface area contributed by atoms with Gasteiger partial charge in [-0.05, 0) is 0 Å². The van der Waals surface area contributed by atoms with E-state index in [9.17, 15) is 0 Å². The van der Waals surface area contributed by atoms with Gasteiger partial charge < -0.3 is 37.2 Å². The molecule has 1 aliphatic rings. The molecular weight excluding hydrogens is 423 g/mol. The molecule has 138 valence electrons. The van der Waals surface area contributed by atoms with E-state index in [1.807, 2.05) is 0 Å². The van der Waals surface area contributed by atoms with Gasteiger partial charge in [-0.1, -0.05) is 0 Å². The van der Waals surface area contributed by atoms with Crippen LogP contribution in [-0.2, 0) is 20.4 Å². The maximum atomic E-state index is 2.51. The molecule has 0 spiro atoms. The van der Waals surface area contributed by atoms with Crippen LogP contribution in [-0.4, -0.2) is 9.52 Å². The Kier molecular flexibility index (Phi) is 13.4. The zero-order valence-corrected chi connectivity index (χ0v) is 21.2. The molecule has 0 N–H and O–H groups in total. The molecule has 2 rings (SSSR count). The smallest absolute Gasteiger partial charge is 1.00 e. The minimum atomic E-state index is -0.211. The fraction of sp³-hybridized carbons (Fsp3) is 0.500. The molecule has 1 aliphatic carbocycles. The molecule has 0 amide bonds. The van der Waals surface area contributed by atoms with Crippen LogP contribution >= 0.6 is 0 Å². The summed E-state index contributed by atoms with van der Waals surface area (Å²) >= 11 is 2.51. The zero-order valence-electron chi connectivity index (χ0n) is 15.9. The van der Waals surface area contributed by atoms with Gasteiger partial charge in [-0.25, -0.2) is 0 Å². The zero-order chi connectivity index (χ0) is 16.3. The van der Waals surface area contributed by atoms with Crippen molar-refractivity contribution in [2.75, 3.05) is 0 Å². The third-order valence-corrected chi connectivity index (χ3v) is 9.61. The quantitative estimate of drug-likeness (QED) is 0.384. The van der Waals surface area contributed by atoms with Gasteiger partial charge >= 0.3 is 151 Å². The van der Waals surface area contributed by atoms with E-state index in [1.54, 1.807) is 27.5 Å². The molecule has 1 aromatic rings. The van der Waals surface area contributed by atoms with E-state index >= 15 is 0 Å². The number of halogens is 3. The Labute approximate surface area is 187 Å². The summed E-state index contributed by atoms with van der Waals surface area (Å²) in [6.45, 7) is 11.7. The van der Waals surface area contributed by atoms with Crippen molar-refractivity contribution in [1.29, 1.82) is 0 Å². The standard InChI is InChI=1S/C20H29Si.3ClH.Ti/c1-14(2)11-12-19-16(4)15(3)17(5)20(19)13-21-18-9-7-6-8-10-18;;;;/h6-10,14H,11-13,21H2,1-5H3;3*1H;/q;;;;+3/p-3. The first-order chi connectivity index (χ1) is 10.4. The van der Waals surface area contributed by atoms with Crippen LogP contribution in [0.1, 0.15) is 47.5 Å². The molecule has 0 nitrogen and oxygen atoms in total. The van der Waals surface area contributed by atoms with Crippen LogP contribution in [0.15, 0.2) is 52.6 Å². The molecule has 1 atom stereocenters. The largest absolute Gasteiger partial charge is 1.00 e. The van der Waals surface area contributed by atoms with Crippen molar-refractivity contribution in [1.82, 2.24) is 0 Å². The van der Waals surface area contributed by atoms with E-state index in [0.29, 0.717) is 3.72 Å². The summed E-state index contributed by atoms with van der Waals surface area (Å²) in [4.78, 5) is 0. The van der Waals surface area contributed by atoms with Crippen LogP contribution in [0.4, 0.5) is 0 Å². The minimum absolute atomic E-state index is 0. The maximum absolute atomic E-state index is 2.51. The Bertz CT molecular complexity index is 596. The monoisotopic (exact) mass is 450 g/mol. The fourth-order valence-electron chi connectivity index (χ4n) is 3.52. The number of benzene rings is 1. The summed E-state index contributed by atoms with van der Waals surface area (Å²) < 4.78 is 0.325. The first-order valence-electron chi connectivity index (χ1n) is 8.53. The van der Waals surface area contributed by atoms with Crippen LogP contribution < -0.4 is 42.4 Å². The van der Waals surface area contributed by atoms with E-state index in [-0.39, 0.29) is 46.7 Å². The van der Waals surface area contributed by atoms with Gasteiger partial charge in [0, 0.05) is 0 Å². The van der Waals surface area contributed by atoms with E-state index < -0.39 is 0 Å². The normalized spacial score (nSPS) is 20.0. The predicted octanol–water partition coefficient (Wildman–Crippen LogP) is -4.28. The second-order valence-electron chi connectivity index (χ2n) is 7.18. The van der Waals surface area contributed by atoms with Gasteiger partial charge in [0.1, 0.15) is 0 Å². The first-order valence-corrected chi connectivity index (χ1v) is 11.0. The molecule has 25 heavy (non-hydrogen) atoms. The molecule has 1 unspecified atom stereocenters. The van der Waals surface area contributed by atoms with Crippen molar-refractivity contribution >= 4 is 14.7 Å². The van der Waals surface area contributed by atoms with Crippen LogP contribution in [0, 0.1) is 5.92 Å². The van der Waals surface area contributed by atoms with Crippen molar-refractivity contribution in [3.8, 4) is 0 Å². The topological polar surface area (TPSA) is 0 Å². The van der Waals surface area contributed by atoms with Gasteiger partial charge in [0.15, 0.2) is 0 Å². The van der Waals surface area contributed by atoms with E-state index in [1.165, 1.54) is 18.9 Å². The van der Waals surface area contributed by atoms with Crippen molar-refractivity contribution in [3.05, 3.63) is 52.6 Å². The van der Waals surface area contributed by atoms with Crippen molar-refractivity contribution < 1.29 is 57.7 Å². The summed E-state index contributed by atoms with van der Waals surface area (Å²) in [6, 6.07) is 12.5. The molecule has 0 heterocycles. The molecule has 0 fully saturated rings. The number of hydrogen-bond donors (Lipinski definition) is 0. The van der Waals surface area contributed by atoms with Crippen molar-refractivity contribution in [2.24, 2.45) is 5.92 Å². The third kappa shape index (κ3) is 6.56. The summed E-state index contributed by atoms with van der Waals surface area (Å²) in [5.41, 5.74) is 6.51. The van der Waals surface area contributed by atoms with Gasteiger partial charge in [-0.15, -0.1) is 0 Å². The van der Waals surface area contributed by atoms with Gasteiger partial charge in [0.05, 0.1) is 0 Å². The van der Waals surface area contributed by atoms with Gasteiger partial charge in [0.25, 0.3) is 0 Å². The Balaban J connectivity index is 0. The molecule has 0 bridgehead atoms. The second-order valence-corrected chi connectivity index (χ2v) is 10.3. The number of rotatable bonds is 6. The Morgan fingerprint density at radius 3 is 2.04 bits per heavy atom. The van der Waals surface area contributed by atoms with Gasteiger partial charge in [-0.3, -0.25) is 0 Å². The average molecular weight is 452 g/mol. The van der Waals surface area contributed by atoms with Crippen LogP contribution in [0.3, 0.4) is 0 Å². The first kappa shape index (κ1) is 27.7. The molecule has 0 saturated carbocycles. The van der Waals surface area contributed by atoms with Crippen molar-refractivity contribution in [2.45, 2.75) is 57.2 Å². The molecule has 0 radical (unpaired) electrons. The third-order valence-electron chi connectivity index (χ3n) is 5.34. The summed E-state index contributed by atoms with van der Waals surface area (Å²) in [7, 11) is -0.211. The molecule has 5 heteroatoms. The van der Waals surface area contributed by atoms with Crippen LogP contribution in [0.5, 0.6) is 0 Å². The summed E-state index contributed by atoms with van der Waals surface area (Å²) in [5, 5.41) is 1.60.